The lowest BCUT2D eigenvalue weighted by molar-refractivity contribution is -0.121. The van der Waals surface area contributed by atoms with E-state index < -0.39 is 0 Å². The fraction of sp³-hybridized carbons (Fsp3) is 0.400. The van der Waals surface area contributed by atoms with E-state index in [1.165, 1.54) is 0 Å². The number of rotatable bonds is 6. The molecular formula is C15H21N3O. The minimum Gasteiger partial charge on any atom is -0.361 e. The third-order valence-corrected chi connectivity index (χ3v) is 3.35. The molecule has 4 nitrogen and oxygen atoms in total. The van der Waals surface area contributed by atoms with Gasteiger partial charge in [-0.3, -0.25) is 4.79 Å². The lowest BCUT2D eigenvalue weighted by Gasteiger charge is -2.14. The standard InChI is InChI=1S/C15H21N3O/c1-2-7-17-15(19)8-11(9-16)13-10-18-14-6-4-3-5-12(13)14/h3-6,10-11,18H,2,7-9,16H2,1H3,(H,17,19). The van der Waals surface area contributed by atoms with Crippen molar-refractivity contribution in [1.82, 2.24) is 10.3 Å². The number of benzene rings is 1. The molecular weight excluding hydrogens is 238 g/mol. The average Bonchev–Trinajstić information content (AvgIpc) is 2.86. The van der Waals surface area contributed by atoms with Crippen LogP contribution in [0.2, 0.25) is 0 Å². The minimum atomic E-state index is 0.0630. The maximum atomic E-state index is 11.8. The van der Waals surface area contributed by atoms with Crippen molar-refractivity contribution in [2.24, 2.45) is 5.73 Å². The summed E-state index contributed by atoms with van der Waals surface area (Å²) < 4.78 is 0. The molecule has 0 spiro atoms. The largest absolute Gasteiger partial charge is 0.361 e. The molecule has 0 bridgehead atoms. The van der Waals surface area contributed by atoms with Gasteiger partial charge in [0.05, 0.1) is 0 Å². The molecule has 1 atom stereocenters. The number of carbonyl (C=O) groups excluding carboxylic acids is 1. The van der Waals surface area contributed by atoms with Crippen LogP contribution in [0.4, 0.5) is 0 Å². The number of hydrogen-bond donors (Lipinski definition) is 3. The van der Waals surface area contributed by atoms with Gasteiger partial charge in [-0.15, -0.1) is 0 Å². The number of para-hydroxylation sites is 1. The van der Waals surface area contributed by atoms with Gasteiger partial charge in [-0.25, -0.2) is 0 Å². The molecule has 0 radical (unpaired) electrons. The molecule has 2 aromatic rings. The third kappa shape index (κ3) is 3.15. The Kier molecular flexibility index (Phi) is 4.58. The van der Waals surface area contributed by atoms with Crippen LogP contribution in [0, 0.1) is 0 Å². The first kappa shape index (κ1) is 13.6. The van der Waals surface area contributed by atoms with Crippen LogP contribution in [-0.2, 0) is 4.79 Å². The molecule has 4 N–H and O–H groups in total. The SMILES string of the molecule is CCCNC(=O)CC(CN)c1c[nH]c2ccccc12. The molecule has 102 valence electrons. The number of amides is 1. The molecule has 2 rings (SSSR count). The van der Waals surface area contributed by atoms with E-state index in [1.807, 2.05) is 31.3 Å². The van der Waals surface area contributed by atoms with Crippen LogP contribution in [0.3, 0.4) is 0 Å². The molecule has 0 saturated carbocycles. The van der Waals surface area contributed by atoms with Gasteiger partial charge < -0.3 is 16.0 Å². The Hall–Kier alpha value is -1.81. The normalized spacial score (nSPS) is 12.5. The van der Waals surface area contributed by atoms with Crippen LogP contribution in [0.5, 0.6) is 0 Å². The fourth-order valence-corrected chi connectivity index (χ4v) is 2.31. The van der Waals surface area contributed by atoms with Crippen LogP contribution in [0.25, 0.3) is 10.9 Å². The molecule has 4 heteroatoms. The van der Waals surface area contributed by atoms with Crippen LogP contribution in [0.1, 0.15) is 31.2 Å². The molecule has 0 aliphatic rings. The van der Waals surface area contributed by atoms with Gasteiger partial charge in [0.25, 0.3) is 0 Å². The monoisotopic (exact) mass is 259 g/mol. The second-order valence-electron chi connectivity index (χ2n) is 4.78. The van der Waals surface area contributed by atoms with Crippen molar-refractivity contribution in [3.63, 3.8) is 0 Å². The molecule has 0 aliphatic carbocycles. The van der Waals surface area contributed by atoms with Crippen LogP contribution >= 0.6 is 0 Å². The predicted octanol–water partition coefficient (Wildman–Crippen LogP) is 2.13. The Labute approximate surface area is 113 Å². The van der Waals surface area contributed by atoms with Crippen molar-refractivity contribution in [3.8, 4) is 0 Å². The molecule has 1 aromatic heterocycles. The van der Waals surface area contributed by atoms with E-state index >= 15 is 0 Å². The Bertz CT molecular complexity index is 547. The van der Waals surface area contributed by atoms with E-state index in [-0.39, 0.29) is 11.8 Å². The van der Waals surface area contributed by atoms with Crippen molar-refractivity contribution in [3.05, 3.63) is 36.0 Å². The van der Waals surface area contributed by atoms with E-state index in [2.05, 4.69) is 16.4 Å². The first-order valence-electron chi connectivity index (χ1n) is 6.79. The number of nitrogens with one attached hydrogen (secondary N) is 2. The van der Waals surface area contributed by atoms with Crippen LogP contribution in [0.15, 0.2) is 30.5 Å². The smallest absolute Gasteiger partial charge is 0.220 e. The van der Waals surface area contributed by atoms with Gasteiger partial charge in [-0.2, -0.15) is 0 Å². The summed E-state index contributed by atoms with van der Waals surface area (Å²) in [6, 6.07) is 8.09. The maximum Gasteiger partial charge on any atom is 0.220 e. The van der Waals surface area contributed by atoms with Gasteiger partial charge in [0.2, 0.25) is 5.91 Å². The first-order valence-corrected chi connectivity index (χ1v) is 6.79. The lowest BCUT2D eigenvalue weighted by atomic mass is 9.95. The van der Waals surface area contributed by atoms with E-state index in [1.54, 1.807) is 0 Å². The summed E-state index contributed by atoms with van der Waals surface area (Å²) in [5.74, 6) is 0.135. The zero-order valence-electron chi connectivity index (χ0n) is 11.3. The number of hydrogen-bond acceptors (Lipinski definition) is 2. The van der Waals surface area contributed by atoms with Gasteiger partial charge >= 0.3 is 0 Å². The van der Waals surface area contributed by atoms with Gasteiger partial charge in [0.1, 0.15) is 0 Å². The van der Waals surface area contributed by atoms with Crippen molar-refractivity contribution >= 4 is 16.8 Å². The topological polar surface area (TPSA) is 70.9 Å². The molecule has 0 fully saturated rings. The van der Waals surface area contributed by atoms with Gasteiger partial charge in [0.15, 0.2) is 0 Å². The maximum absolute atomic E-state index is 11.8. The van der Waals surface area contributed by atoms with E-state index in [4.69, 9.17) is 5.73 Å². The summed E-state index contributed by atoms with van der Waals surface area (Å²) in [5, 5.41) is 4.06. The number of aromatic amines is 1. The summed E-state index contributed by atoms with van der Waals surface area (Å²) in [5.41, 5.74) is 8.06. The van der Waals surface area contributed by atoms with E-state index in [0.29, 0.717) is 13.0 Å². The zero-order chi connectivity index (χ0) is 13.7. The lowest BCUT2D eigenvalue weighted by Crippen LogP contribution is -2.27. The highest BCUT2D eigenvalue weighted by atomic mass is 16.1. The zero-order valence-corrected chi connectivity index (χ0v) is 11.3. The van der Waals surface area contributed by atoms with E-state index in [9.17, 15) is 4.79 Å². The molecule has 19 heavy (non-hydrogen) atoms. The molecule has 1 amide bonds. The highest BCUT2D eigenvalue weighted by Gasteiger charge is 2.17. The third-order valence-electron chi connectivity index (χ3n) is 3.35. The Morgan fingerprint density at radius 2 is 2.21 bits per heavy atom. The van der Waals surface area contributed by atoms with Gasteiger partial charge in [-0.05, 0) is 24.6 Å². The average molecular weight is 259 g/mol. The van der Waals surface area contributed by atoms with Crippen LogP contribution < -0.4 is 11.1 Å². The Morgan fingerprint density at radius 1 is 1.42 bits per heavy atom. The second kappa shape index (κ2) is 6.38. The first-order chi connectivity index (χ1) is 9.26. The second-order valence-corrected chi connectivity index (χ2v) is 4.78. The molecule has 1 heterocycles. The molecule has 1 unspecified atom stereocenters. The minimum absolute atomic E-state index is 0.0630. The van der Waals surface area contributed by atoms with Crippen molar-refractivity contribution in [2.45, 2.75) is 25.7 Å². The summed E-state index contributed by atoms with van der Waals surface area (Å²) in [6.07, 6.45) is 3.36. The van der Waals surface area contributed by atoms with Crippen molar-refractivity contribution < 1.29 is 4.79 Å². The number of carbonyl (C=O) groups is 1. The molecule has 0 aliphatic heterocycles. The molecule has 1 aromatic carbocycles. The Morgan fingerprint density at radius 3 is 2.95 bits per heavy atom. The summed E-state index contributed by atoms with van der Waals surface area (Å²) in [4.78, 5) is 15.1. The highest BCUT2D eigenvalue weighted by Crippen LogP contribution is 2.27. The van der Waals surface area contributed by atoms with Crippen molar-refractivity contribution in [1.29, 1.82) is 0 Å². The van der Waals surface area contributed by atoms with Gasteiger partial charge in [0, 0.05) is 36.0 Å². The number of fused-ring (bicyclic) bond motifs is 1. The summed E-state index contributed by atoms with van der Waals surface area (Å²) in [6.45, 7) is 3.24. The molecule has 0 saturated heterocycles. The number of aromatic nitrogens is 1. The summed E-state index contributed by atoms with van der Waals surface area (Å²) in [7, 11) is 0. The number of H-pyrrole nitrogens is 1. The Balaban J connectivity index is 2.15. The van der Waals surface area contributed by atoms with Crippen LogP contribution in [-0.4, -0.2) is 24.0 Å². The fourth-order valence-electron chi connectivity index (χ4n) is 2.31. The van der Waals surface area contributed by atoms with Crippen molar-refractivity contribution in [2.75, 3.05) is 13.1 Å². The van der Waals surface area contributed by atoms with E-state index in [0.717, 1.165) is 29.4 Å². The number of nitrogens with two attached hydrogens (primary N) is 1. The quantitative estimate of drug-likeness (QED) is 0.743. The predicted molar refractivity (Wildman–Crippen MR) is 78.0 cm³/mol. The van der Waals surface area contributed by atoms with Gasteiger partial charge in [-0.1, -0.05) is 25.1 Å². The summed E-state index contributed by atoms with van der Waals surface area (Å²) >= 11 is 0. The highest BCUT2D eigenvalue weighted by molar-refractivity contribution is 5.85.